The molecule has 0 radical (unpaired) electrons. The van der Waals surface area contributed by atoms with E-state index in [0.717, 1.165) is 6.61 Å². The summed E-state index contributed by atoms with van der Waals surface area (Å²) in [6.07, 6.45) is 1.26. The van der Waals surface area contributed by atoms with E-state index in [9.17, 15) is 0 Å². The van der Waals surface area contributed by atoms with Crippen molar-refractivity contribution in [1.82, 2.24) is 5.32 Å². The molecule has 1 rings (SSSR count). The third-order valence-corrected chi connectivity index (χ3v) is 2.17. The molecule has 2 atom stereocenters. The van der Waals surface area contributed by atoms with Crippen molar-refractivity contribution in [3.63, 3.8) is 0 Å². The first-order chi connectivity index (χ1) is 4.23. The fourth-order valence-electron chi connectivity index (χ4n) is 1.35. The molecule has 54 valence electrons. The average molecular weight is 129 g/mol. The van der Waals surface area contributed by atoms with Gasteiger partial charge in [-0.3, -0.25) is 0 Å². The Hall–Kier alpha value is -0.0800. The molecule has 0 aromatic heterocycles. The van der Waals surface area contributed by atoms with Crippen LogP contribution in [-0.2, 0) is 4.74 Å². The number of rotatable bonds is 3. The second-order valence-electron chi connectivity index (χ2n) is 3.13. The molecule has 1 aliphatic rings. The second-order valence-corrected chi connectivity index (χ2v) is 3.13. The molecule has 0 unspecified atom stereocenters. The smallest absolute Gasteiger partial charge is 0.0531 e. The molecule has 1 saturated carbocycles. The van der Waals surface area contributed by atoms with Crippen molar-refractivity contribution in [2.45, 2.75) is 19.4 Å². The highest BCUT2D eigenvalue weighted by molar-refractivity contribution is 5.03. The van der Waals surface area contributed by atoms with E-state index in [-0.39, 0.29) is 0 Å². The first-order valence-electron chi connectivity index (χ1n) is 3.39. The number of hydrogen-bond donors (Lipinski definition) is 1. The average Bonchev–Trinajstić information content (AvgIpc) is 2.43. The summed E-state index contributed by atoms with van der Waals surface area (Å²) in [6, 6.07) is 0.692. The maximum Gasteiger partial charge on any atom is 0.0531 e. The van der Waals surface area contributed by atoms with Gasteiger partial charge < -0.3 is 10.1 Å². The zero-order valence-corrected chi connectivity index (χ0v) is 6.40. The monoisotopic (exact) mass is 129 g/mol. The van der Waals surface area contributed by atoms with Gasteiger partial charge in [-0.2, -0.15) is 0 Å². The van der Waals surface area contributed by atoms with Gasteiger partial charge in [0.2, 0.25) is 0 Å². The molecule has 0 aromatic carbocycles. The van der Waals surface area contributed by atoms with Crippen molar-refractivity contribution < 1.29 is 4.74 Å². The summed E-state index contributed by atoms with van der Waals surface area (Å²) in [5, 5.41) is 3.23. The number of nitrogens with one attached hydrogen (secondary N) is 1. The maximum atomic E-state index is 5.06. The number of methoxy groups -OCH3 is 1. The Morgan fingerprint density at radius 2 is 2.44 bits per heavy atom. The molecule has 9 heavy (non-hydrogen) atoms. The Balaban J connectivity index is 2.25. The first kappa shape index (κ1) is 7.03. The third kappa shape index (κ3) is 1.25. The molecule has 2 heteroatoms. The quantitative estimate of drug-likeness (QED) is 0.603. The van der Waals surface area contributed by atoms with E-state index in [1.807, 2.05) is 7.05 Å². The third-order valence-electron chi connectivity index (χ3n) is 2.17. The summed E-state index contributed by atoms with van der Waals surface area (Å²) in [5.74, 6) is 0. The number of hydrogen-bond acceptors (Lipinski definition) is 2. The Labute approximate surface area is 56.6 Å². The fourth-order valence-corrected chi connectivity index (χ4v) is 1.35. The molecule has 0 spiro atoms. The van der Waals surface area contributed by atoms with Gasteiger partial charge in [0.25, 0.3) is 0 Å². The maximum absolute atomic E-state index is 5.06. The minimum atomic E-state index is 0.434. The van der Waals surface area contributed by atoms with Gasteiger partial charge in [0, 0.05) is 18.6 Å². The van der Waals surface area contributed by atoms with Crippen molar-refractivity contribution in [2.75, 3.05) is 20.8 Å². The van der Waals surface area contributed by atoms with E-state index in [4.69, 9.17) is 4.74 Å². The van der Waals surface area contributed by atoms with Gasteiger partial charge in [0.1, 0.15) is 0 Å². The Morgan fingerprint density at radius 3 is 2.78 bits per heavy atom. The van der Waals surface area contributed by atoms with Gasteiger partial charge in [-0.15, -0.1) is 0 Å². The van der Waals surface area contributed by atoms with E-state index < -0.39 is 0 Å². The molecule has 0 aliphatic heterocycles. The van der Waals surface area contributed by atoms with Crippen molar-refractivity contribution in [3.05, 3.63) is 0 Å². The lowest BCUT2D eigenvalue weighted by molar-refractivity contribution is 0.145. The summed E-state index contributed by atoms with van der Waals surface area (Å²) >= 11 is 0. The molecule has 0 bridgehead atoms. The standard InChI is InChI=1S/C7H15NO/c1-7(5-9-3)4-6(7)8-2/h6,8H,4-5H2,1-3H3/t6-,7-/m1/s1. The topological polar surface area (TPSA) is 21.3 Å². The fraction of sp³-hybridized carbons (Fsp3) is 1.00. The molecule has 1 aliphatic carbocycles. The van der Waals surface area contributed by atoms with Crippen LogP contribution in [0.4, 0.5) is 0 Å². The summed E-state index contributed by atoms with van der Waals surface area (Å²) in [6.45, 7) is 3.14. The molecule has 2 nitrogen and oxygen atoms in total. The van der Waals surface area contributed by atoms with E-state index >= 15 is 0 Å². The van der Waals surface area contributed by atoms with Crippen molar-refractivity contribution >= 4 is 0 Å². The Bertz CT molecular complexity index is 105. The summed E-state index contributed by atoms with van der Waals surface area (Å²) in [5.41, 5.74) is 0.434. The normalized spacial score (nSPS) is 41.0. The van der Waals surface area contributed by atoms with Crippen LogP contribution in [-0.4, -0.2) is 26.8 Å². The van der Waals surface area contributed by atoms with Crippen LogP contribution in [0, 0.1) is 5.41 Å². The molecule has 0 saturated heterocycles. The van der Waals surface area contributed by atoms with Gasteiger partial charge in [-0.1, -0.05) is 6.92 Å². The lowest BCUT2D eigenvalue weighted by atomic mass is 10.1. The highest BCUT2D eigenvalue weighted by atomic mass is 16.5. The van der Waals surface area contributed by atoms with Crippen LogP contribution in [0.15, 0.2) is 0 Å². The van der Waals surface area contributed by atoms with E-state index in [0.29, 0.717) is 11.5 Å². The Kier molecular flexibility index (Phi) is 1.78. The molecular weight excluding hydrogens is 114 g/mol. The Morgan fingerprint density at radius 1 is 1.78 bits per heavy atom. The van der Waals surface area contributed by atoms with Gasteiger partial charge >= 0.3 is 0 Å². The van der Waals surface area contributed by atoms with Crippen LogP contribution < -0.4 is 5.32 Å². The van der Waals surface area contributed by atoms with Gasteiger partial charge in [-0.05, 0) is 13.5 Å². The largest absolute Gasteiger partial charge is 0.384 e. The van der Waals surface area contributed by atoms with E-state index in [1.165, 1.54) is 6.42 Å². The van der Waals surface area contributed by atoms with Crippen LogP contribution in [0.5, 0.6) is 0 Å². The van der Waals surface area contributed by atoms with Crippen LogP contribution >= 0.6 is 0 Å². The van der Waals surface area contributed by atoms with Gasteiger partial charge in [0.15, 0.2) is 0 Å². The minimum absolute atomic E-state index is 0.434. The zero-order valence-electron chi connectivity index (χ0n) is 6.40. The van der Waals surface area contributed by atoms with Crippen LogP contribution in [0.1, 0.15) is 13.3 Å². The zero-order chi connectivity index (χ0) is 6.91. The molecule has 0 aromatic rings. The second kappa shape index (κ2) is 2.27. The lowest BCUT2D eigenvalue weighted by Gasteiger charge is -2.07. The predicted octanol–water partition coefficient (Wildman–Crippen LogP) is 0.631. The van der Waals surface area contributed by atoms with Crippen molar-refractivity contribution in [3.8, 4) is 0 Å². The van der Waals surface area contributed by atoms with Crippen molar-refractivity contribution in [1.29, 1.82) is 0 Å². The van der Waals surface area contributed by atoms with E-state index in [2.05, 4.69) is 12.2 Å². The highest BCUT2D eigenvalue weighted by Gasteiger charge is 2.48. The summed E-state index contributed by atoms with van der Waals surface area (Å²) in [4.78, 5) is 0. The van der Waals surface area contributed by atoms with Gasteiger partial charge in [-0.25, -0.2) is 0 Å². The van der Waals surface area contributed by atoms with E-state index in [1.54, 1.807) is 7.11 Å². The van der Waals surface area contributed by atoms with Gasteiger partial charge in [0.05, 0.1) is 6.61 Å². The lowest BCUT2D eigenvalue weighted by Crippen LogP contribution is -2.19. The number of ether oxygens (including phenoxy) is 1. The van der Waals surface area contributed by atoms with Crippen LogP contribution in [0.25, 0.3) is 0 Å². The SMILES string of the molecule is CN[C@@H]1C[C@]1(C)COC. The molecule has 0 heterocycles. The van der Waals surface area contributed by atoms with Crippen molar-refractivity contribution in [2.24, 2.45) is 5.41 Å². The predicted molar refractivity (Wildman–Crippen MR) is 37.4 cm³/mol. The summed E-state index contributed by atoms with van der Waals surface area (Å²) < 4.78 is 5.06. The molecule has 0 amide bonds. The van der Waals surface area contributed by atoms with Crippen LogP contribution in [0.2, 0.25) is 0 Å². The molecule has 1 N–H and O–H groups in total. The molecule has 1 fully saturated rings. The molecular formula is C7H15NO. The first-order valence-corrected chi connectivity index (χ1v) is 3.39. The summed E-state index contributed by atoms with van der Waals surface area (Å²) in [7, 11) is 3.77. The minimum Gasteiger partial charge on any atom is -0.384 e. The highest BCUT2D eigenvalue weighted by Crippen LogP contribution is 2.44. The van der Waals surface area contributed by atoms with Crippen LogP contribution in [0.3, 0.4) is 0 Å².